The minimum atomic E-state index is -0.0420. The molecule has 0 aromatic heterocycles. The molecule has 5 aromatic carbocycles. The van der Waals surface area contributed by atoms with Crippen molar-refractivity contribution in [3.05, 3.63) is 138 Å². The molecule has 224 valence electrons. The summed E-state index contributed by atoms with van der Waals surface area (Å²) < 4.78 is 0. The summed E-state index contributed by atoms with van der Waals surface area (Å²) in [5.41, 5.74) is 15.4. The lowest BCUT2D eigenvalue weighted by Crippen LogP contribution is -2.49. The zero-order valence-corrected chi connectivity index (χ0v) is 27.1. The largest absolute Gasteiger partial charge is 0.310 e. The number of anilines is 3. The quantitative estimate of drug-likeness (QED) is 0.204. The van der Waals surface area contributed by atoms with Crippen LogP contribution >= 0.6 is 0 Å². The Morgan fingerprint density at radius 3 is 2.07 bits per heavy atom. The summed E-state index contributed by atoms with van der Waals surface area (Å²) in [5, 5.41) is 0. The smallest absolute Gasteiger partial charge is 0.0543 e. The number of hydrogen-bond acceptors (Lipinski definition) is 1. The molecule has 2 saturated carbocycles. The van der Waals surface area contributed by atoms with E-state index >= 15 is 0 Å². The SMILES string of the molecule is CC1CC2CC(C)C3(c4ccccc4-c4ccc(N(c5ccccc5)c5cccc6c5-c5ccccc5C6(C)C)cc43)C(C1)C2. The van der Waals surface area contributed by atoms with Crippen molar-refractivity contribution in [2.75, 3.05) is 4.90 Å². The highest BCUT2D eigenvalue weighted by atomic mass is 15.1. The van der Waals surface area contributed by atoms with E-state index in [0.717, 1.165) is 11.8 Å². The van der Waals surface area contributed by atoms with Gasteiger partial charge in [0.2, 0.25) is 0 Å². The van der Waals surface area contributed by atoms with Gasteiger partial charge in [0.25, 0.3) is 0 Å². The number of rotatable bonds is 3. The number of benzene rings is 5. The molecular weight excluding hydrogens is 542 g/mol. The minimum Gasteiger partial charge on any atom is -0.310 e. The van der Waals surface area contributed by atoms with Crippen LogP contribution in [0.25, 0.3) is 22.3 Å². The predicted octanol–water partition coefficient (Wildman–Crippen LogP) is 11.8. The number of nitrogens with zero attached hydrogens (tertiary/aromatic N) is 1. The van der Waals surface area contributed by atoms with Gasteiger partial charge >= 0.3 is 0 Å². The first kappa shape index (κ1) is 27.2. The molecule has 1 heteroatoms. The Labute approximate surface area is 269 Å². The first-order chi connectivity index (χ1) is 21.9. The van der Waals surface area contributed by atoms with Crippen molar-refractivity contribution in [2.45, 2.75) is 64.2 Å². The van der Waals surface area contributed by atoms with Crippen LogP contribution in [0.4, 0.5) is 17.1 Å². The van der Waals surface area contributed by atoms with E-state index in [2.05, 4.69) is 148 Å². The highest BCUT2D eigenvalue weighted by molar-refractivity contribution is 5.95. The maximum absolute atomic E-state index is 2.61. The fraction of sp³-hybridized carbons (Fsp3) is 0.318. The summed E-state index contributed by atoms with van der Waals surface area (Å²) in [5.74, 6) is 2.97. The van der Waals surface area contributed by atoms with Crippen molar-refractivity contribution in [1.82, 2.24) is 0 Å². The second-order valence-electron chi connectivity index (χ2n) is 15.2. The molecule has 2 bridgehead atoms. The van der Waals surface area contributed by atoms with Gasteiger partial charge in [-0.2, -0.15) is 0 Å². The van der Waals surface area contributed by atoms with Gasteiger partial charge in [-0.3, -0.25) is 0 Å². The van der Waals surface area contributed by atoms with E-state index in [-0.39, 0.29) is 10.8 Å². The summed E-state index contributed by atoms with van der Waals surface area (Å²) in [7, 11) is 0. The number of para-hydroxylation sites is 1. The van der Waals surface area contributed by atoms with E-state index in [4.69, 9.17) is 0 Å². The van der Waals surface area contributed by atoms with Crippen molar-refractivity contribution < 1.29 is 0 Å². The van der Waals surface area contributed by atoms with E-state index in [0.29, 0.717) is 11.8 Å². The van der Waals surface area contributed by atoms with Crippen LogP contribution in [0, 0.1) is 23.7 Å². The summed E-state index contributed by atoms with van der Waals surface area (Å²) in [4.78, 5) is 2.55. The third kappa shape index (κ3) is 3.67. The van der Waals surface area contributed by atoms with E-state index in [1.165, 1.54) is 76.1 Å². The van der Waals surface area contributed by atoms with Crippen LogP contribution in [0.3, 0.4) is 0 Å². The Hall–Kier alpha value is -4.10. The Morgan fingerprint density at radius 2 is 1.24 bits per heavy atom. The summed E-state index contributed by atoms with van der Waals surface area (Å²) in [6, 6.07) is 43.9. The Balaban J connectivity index is 1.30. The molecular formula is C44H43N. The molecule has 0 aliphatic heterocycles. The van der Waals surface area contributed by atoms with Gasteiger partial charge in [0.15, 0.2) is 0 Å². The highest BCUT2D eigenvalue weighted by Crippen LogP contribution is 2.65. The molecule has 0 N–H and O–H groups in total. The molecule has 0 radical (unpaired) electrons. The standard InChI is InChI=1S/C44H43N/c1-28-23-30-25-29(2)44(31(24-28)26-30)38-18-11-8-15-34(38)35-22-21-33(27-40(35)44)45(32-13-6-5-7-14-32)41-20-12-19-39-42(41)36-16-9-10-17-37(36)43(39,3)4/h5-22,27-31H,23-26H2,1-4H3. The molecule has 4 aliphatic carbocycles. The fourth-order valence-corrected chi connectivity index (χ4v) is 10.8. The van der Waals surface area contributed by atoms with Crippen LogP contribution in [0.5, 0.6) is 0 Å². The van der Waals surface area contributed by atoms with Crippen LogP contribution in [0.1, 0.15) is 75.6 Å². The molecule has 0 amide bonds. The van der Waals surface area contributed by atoms with Gasteiger partial charge in [-0.1, -0.05) is 113 Å². The van der Waals surface area contributed by atoms with Crippen molar-refractivity contribution >= 4 is 17.1 Å². The van der Waals surface area contributed by atoms with Gasteiger partial charge in [-0.25, -0.2) is 0 Å². The van der Waals surface area contributed by atoms with E-state index < -0.39 is 0 Å². The first-order valence-corrected chi connectivity index (χ1v) is 17.2. The Bertz CT molecular complexity index is 1950. The zero-order valence-electron chi connectivity index (χ0n) is 27.1. The van der Waals surface area contributed by atoms with Crippen LogP contribution < -0.4 is 4.90 Å². The number of fused-ring (bicyclic) bond motifs is 11. The molecule has 0 heterocycles. The second kappa shape index (κ2) is 9.70. The van der Waals surface area contributed by atoms with E-state index in [1.807, 2.05) is 0 Å². The van der Waals surface area contributed by atoms with Crippen molar-refractivity contribution in [2.24, 2.45) is 23.7 Å². The van der Waals surface area contributed by atoms with Crippen molar-refractivity contribution in [3.63, 3.8) is 0 Å². The Morgan fingerprint density at radius 1 is 0.556 bits per heavy atom. The molecule has 45 heavy (non-hydrogen) atoms. The van der Waals surface area contributed by atoms with Crippen LogP contribution in [-0.4, -0.2) is 0 Å². The highest BCUT2D eigenvalue weighted by Gasteiger charge is 2.56. The zero-order chi connectivity index (χ0) is 30.5. The van der Waals surface area contributed by atoms with Crippen LogP contribution in [-0.2, 0) is 10.8 Å². The maximum Gasteiger partial charge on any atom is 0.0543 e. The molecule has 4 aliphatic rings. The first-order valence-electron chi connectivity index (χ1n) is 17.2. The minimum absolute atomic E-state index is 0.0420. The van der Waals surface area contributed by atoms with Crippen molar-refractivity contribution in [3.8, 4) is 22.3 Å². The monoisotopic (exact) mass is 585 g/mol. The van der Waals surface area contributed by atoms with Gasteiger partial charge in [-0.05, 0) is 119 Å². The summed E-state index contributed by atoms with van der Waals surface area (Å²) >= 11 is 0. The third-order valence-electron chi connectivity index (χ3n) is 12.4. The third-order valence-corrected chi connectivity index (χ3v) is 12.4. The topological polar surface area (TPSA) is 3.24 Å². The molecule has 2 fully saturated rings. The average Bonchev–Trinajstić information content (AvgIpc) is 3.47. The van der Waals surface area contributed by atoms with Gasteiger partial charge in [-0.15, -0.1) is 0 Å². The van der Waals surface area contributed by atoms with Crippen LogP contribution in [0.15, 0.2) is 115 Å². The average molecular weight is 586 g/mol. The Kier molecular flexibility index (Phi) is 5.87. The molecule has 5 unspecified atom stereocenters. The lowest BCUT2D eigenvalue weighted by atomic mass is 9.49. The molecule has 0 saturated heterocycles. The molecule has 9 rings (SSSR count). The molecule has 5 atom stereocenters. The normalized spacial score (nSPS) is 26.6. The molecule has 1 spiro atoms. The van der Waals surface area contributed by atoms with Gasteiger partial charge in [0.05, 0.1) is 5.69 Å². The molecule has 1 nitrogen and oxygen atoms in total. The molecule has 5 aromatic rings. The van der Waals surface area contributed by atoms with Crippen molar-refractivity contribution in [1.29, 1.82) is 0 Å². The summed E-state index contributed by atoms with van der Waals surface area (Å²) in [6.45, 7) is 9.85. The lowest BCUT2D eigenvalue weighted by Gasteiger charge is -2.54. The van der Waals surface area contributed by atoms with Gasteiger partial charge in [0, 0.05) is 27.8 Å². The number of hydrogen-bond donors (Lipinski definition) is 0. The maximum atomic E-state index is 2.61. The second-order valence-corrected chi connectivity index (χ2v) is 15.2. The van der Waals surface area contributed by atoms with Gasteiger partial charge in [0.1, 0.15) is 0 Å². The lowest BCUT2D eigenvalue weighted by molar-refractivity contribution is 0.0426. The van der Waals surface area contributed by atoms with Crippen LogP contribution in [0.2, 0.25) is 0 Å². The fourth-order valence-electron chi connectivity index (χ4n) is 10.8. The van der Waals surface area contributed by atoms with E-state index in [1.54, 1.807) is 11.1 Å². The summed E-state index contributed by atoms with van der Waals surface area (Å²) in [6.07, 6.45) is 5.44. The van der Waals surface area contributed by atoms with Gasteiger partial charge < -0.3 is 4.90 Å². The predicted molar refractivity (Wildman–Crippen MR) is 189 cm³/mol. The van der Waals surface area contributed by atoms with E-state index in [9.17, 15) is 0 Å².